The smallest absolute Gasteiger partial charge is 0.331 e. The zero-order valence-corrected chi connectivity index (χ0v) is 17.5. The Labute approximate surface area is 188 Å². The first-order valence-electron chi connectivity index (χ1n) is 9.91. The molecule has 2 heterocycles. The van der Waals surface area contributed by atoms with E-state index in [9.17, 15) is 18.8 Å². The number of ether oxygens (including phenoxy) is 2. The first-order valence-corrected chi connectivity index (χ1v) is 9.91. The number of carbonyl (C=O) groups excluding carboxylic acids is 3. The quantitative estimate of drug-likeness (QED) is 0.436. The van der Waals surface area contributed by atoms with Crippen LogP contribution in [0.2, 0.25) is 0 Å². The number of carbonyl (C=O) groups is 3. The highest BCUT2D eigenvalue weighted by Crippen LogP contribution is 2.30. The molecule has 1 aromatic heterocycles. The van der Waals surface area contributed by atoms with Crippen LogP contribution in [0.4, 0.5) is 9.18 Å². The van der Waals surface area contributed by atoms with E-state index in [0.29, 0.717) is 28.4 Å². The molecular formula is C24H19FN2O6. The number of hydrogen-bond donors (Lipinski definition) is 1. The lowest BCUT2D eigenvalue weighted by atomic mass is 10.1. The highest BCUT2D eigenvalue weighted by atomic mass is 19.1. The zero-order valence-electron chi connectivity index (χ0n) is 17.5. The summed E-state index contributed by atoms with van der Waals surface area (Å²) in [4.78, 5) is 38.2. The van der Waals surface area contributed by atoms with Gasteiger partial charge in [0.05, 0.1) is 19.9 Å². The van der Waals surface area contributed by atoms with Gasteiger partial charge < -0.3 is 13.9 Å². The lowest BCUT2D eigenvalue weighted by Gasteiger charge is -2.25. The summed E-state index contributed by atoms with van der Waals surface area (Å²) >= 11 is 0. The van der Waals surface area contributed by atoms with E-state index in [2.05, 4.69) is 5.32 Å². The Hall–Kier alpha value is -4.40. The van der Waals surface area contributed by atoms with Crippen LogP contribution >= 0.6 is 0 Å². The number of rotatable bonds is 7. The van der Waals surface area contributed by atoms with E-state index in [4.69, 9.17) is 13.9 Å². The fraction of sp³-hybridized carbons (Fsp3) is 0.125. The molecule has 1 saturated heterocycles. The molecule has 0 bridgehead atoms. The van der Waals surface area contributed by atoms with E-state index in [-0.39, 0.29) is 24.5 Å². The van der Waals surface area contributed by atoms with Gasteiger partial charge in [-0.05, 0) is 53.6 Å². The molecule has 0 radical (unpaired) electrons. The van der Waals surface area contributed by atoms with Gasteiger partial charge >= 0.3 is 6.03 Å². The fourth-order valence-electron chi connectivity index (χ4n) is 3.24. The number of hydrogen-bond acceptors (Lipinski definition) is 6. The van der Waals surface area contributed by atoms with Gasteiger partial charge in [0.15, 0.2) is 11.5 Å². The molecule has 0 atom stereocenters. The van der Waals surface area contributed by atoms with Crippen molar-refractivity contribution >= 4 is 23.9 Å². The second-order valence-corrected chi connectivity index (χ2v) is 7.12. The van der Waals surface area contributed by atoms with Gasteiger partial charge in [-0.15, -0.1) is 0 Å². The number of methoxy groups -OCH3 is 1. The van der Waals surface area contributed by atoms with Gasteiger partial charge in [0.2, 0.25) is 0 Å². The van der Waals surface area contributed by atoms with Crippen LogP contribution in [0.25, 0.3) is 6.08 Å². The third-order valence-electron chi connectivity index (χ3n) is 4.86. The molecule has 8 nitrogen and oxygen atoms in total. The molecule has 168 valence electrons. The molecule has 1 fully saturated rings. The van der Waals surface area contributed by atoms with Gasteiger partial charge in [-0.3, -0.25) is 19.8 Å². The van der Waals surface area contributed by atoms with Crippen LogP contribution in [0.1, 0.15) is 16.9 Å². The number of benzene rings is 2. The van der Waals surface area contributed by atoms with Crippen molar-refractivity contribution in [2.45, 2.75) is 13.2 Å². The van der Waals surface area contributed by atoms with Crippen LogP contribution in [-0.2, 0) is 22.7 Å². The molecule has 0 unspecified atom stereocenters. The van der Waals surface area contributed by atoms with Crippen molar-refractivity contribution < 1.29 is 32.7 Å². The van der Waals surface area contributed by atoms with Gasteiger partial charge in [0, 0.05) is 0 Å². The van der Waals surface area contributed by atoms with Gasteiger partial charge in [0.1, 0.15) is 23.8 Å². The molecule has 1 N–H and O–H groups in total. The van der Waals surface area contributed by atoms with Crippen LogP contribution in [0.5, 0.6) is 11.5 Å². The highest BCUT2D eigenvalue weighted by Gasteiger charge is 2.36. The van der Waals surface area contributed by atoms with Crippen LogP contribution < -0.4 is 14.8 Å². The lowest BCUT2D eigenvalue weighted by Crippen LogP contribution is -2.53. The van der Waals surface area contributed by atoms with Crippen LogP contribution in [0.15, 0.2) is 70.9 Å². The summed E-state index contributed by atoms with van der Waals surface area (Å²) in [5.41, 5.74) is 0.918. The molecule has 4 rings (SSSR count). The number of halogens is 1. The third kappa shape index (κ3) is 4.93. The van der Waals surface area contributed by atoms with E-state index in [1.807, 2.05) is 0 Å². The topological polar surface area (TPSA) is 98.1 Å². The number of nitrogens with one attached hydrogen (secondary N) is 1. The van der Waals surface area contributed by atoms with Crippen LogP contribution in [0, 0.1) is 5.82 Å². The van der Waals surface area contributed by atoms with Crippen molar-refractivity contribution in [1.29, 1.82) is 0 Å². The maximum Gasteiger partial charge on any atom is 0.331 e. The molecule has 33 heavy (non-hydrogen) atoms. The fourth-order valence-corrected chi connectivity index (χ4v) is 3.24. The number of nitrogens with zero attached hydrogens (tertiary/aromatic N) is 1. The van der Waals surface area contributed by atoms with Crippen molar-refractivity contribution in [3.8, 4) is 11.5 Å². The summed E-state index contributed by atoms with van der Waals surface area (Å²) in [6.07, 6.45) is 2.78. The Balaban J connectivity index is 1.54. The summed E-state index contributed by atoms with van der Waals surface area (Å²) in [6.45, 7) is 0.0117. The second-order valence-electron chi connectivity index (χ2n) is 7.12. The maximum atomic E-state index is 13.4. The predicted octanol–water partition coefficient (Wildman–Crippen LogP) is 3.67. The number of barbiturate groups is 1. The minimum Gasteiger partial charge on any atom is -0.493 e. The van der Waals surface area contributed by atoms with Gasteiger partial charge in [-0.25, -0.2) is 9.18 Å². The number of furan rings is 1. The maximum absolute atomic E-state index is 13.4. The Kier molecular flexibility index (Phi) is 6.21. The summed E-state index contributed by atoms with van der Waals surface area (Å²) < 4.78 is 29.6. The normalized spacial score (nSPS) is 15.0. The second kappa shape index (κ2) is 9.39. The van der Waals surface area contributed by atoms with Crippen molar-refractivity contribution in [2.24, 2.45) is 0 Å². The molecule has 0 saturated carbocycles. The Morgan fingerprint density at radius 1 is 1.06 bits per heavy atom. The highest BCUT2D eigenvalue weighted by molar-refractivity contribution is 6.30. The molecule has 4 amide bonds. The van der Waals surface area contributed by atoms with Gasteiger partial charge in [-0.1, -0.05) is 18.2 Å². The van der Waals surface area contributed by atoms with E-state index in [1.54, 1.807) is 42.5 Å². The standard InChI is InChI=1S/C24H19FN2O6/c1-31-21-12-15(7-8-20(21)33-14-16-4-2-5-17(25)10-16)11-19-22(28)26-24(30)27(23(19)29)13-18-6-3-9-32-18/h2-12H,13-14H2,1H3,(H,26,28,30)/b19-11+. The molecule has 1 aliphatic rings. The first-order chi connectivity index (χ1) is 15.9. The summed E-state index contributed by atoms with van der Waals surface area (Å²) in [5.74, 6) is -0.753. The zero-order chi connectivity index (χ0) is 23.4. The molecule has 2 aromatic carbocycles. The van der Waals surface area contributed by atoms with Crippen molar-refractivity contribution in [2.75, 3.05) is 7.11 Å². The summed E-state index contributed by atoms with van der Waals surface area (Å²) in [6, 6.07) is 13.3. The van der Waals surface area contributed by atoms with Crippen LogP contribution in [-0.4, -0.2) is 29.9 Å². The Morgan fingerprint density at radius 3 is 2.64 bits per heavy atom. The van der Waals surface area contributed by atoms with E-state index < -0.39 is 17.8 Å². The number of imide groups is 2. The summed E-state index contributed by atoms with van der Waals surface area (Å²) in [7, 11) is 1.45. The molecule has 9 heteroatoms. The van der Waals surface area contributed by atoms with Crippen molar-refractivity contribution in [1.82, 2.24) is 10.2 Å². The Bertz CT molecular complexity index is 1240. The van der Waals surface area contributed by atoms with Crippen molar-refractivity contribution in [3.63, 3.8) is 0 Å². The summed E-state index contributed by atoms with van der Waals surface area (Å²) in [5, 5.41) is 2.16. The van der Waals surface area contributed by atoms with E-state index >= 15 is 0 Å². The van der Waals surface area contributed by atoms with E-state index in [1.165, 1.54) is 31.6 Å². The molecular weight excluding hydrogens is 431 g/mol. The van der Waals surface area contributed by atoms with E-state index in [0.717, 1.165) is 4.90 Å². The minimum absolute atomic E-state index is 0.113. The predicted molar refractivity (Wildman–Crippen MR) is 114 cm³/mol. The number of amides is 4. The third-order valence-corrected chi connectivity index (χ3v) is 4.86. The first kappa shape index (κ1) is 21.8. The lowest BCUT2D eigenvalue weighted by molar-refractivity contribution is -0.130. The molecule has 1 aliphatic heterocycles. The SMILES string of the molecule is COc1cc(/C=C2\C(=O)NC(=O)N(Cc3ccco3)C2=O)ccc1OCc1cccc(F)c1. The average Bonchev–Trinajstić information content (AvgIpc) is 3.32. The molecule has 0 spiro atoms. The van der Waals surface area contributed by atoms with Gasteiger partial charge in [0.25, 0.3) is 11.8 Å². The monoisotopic (exact) mass is 450 g/mol. The Morgan fingerprint density at radius 2 is 1.91 bits per heavy atom. The average molecular weight is 450 g/mol. The largest absolute Gasteiger partial charge is 0.493 e. The van der Waals surface area contributed by atoms with Crippen molar-refractivity contribution in [3.05, 3.63) is 89.1 Å². The van der Waals surface area contributed by atoms with Gasteiger partial charge in [-0.2, -0.15) is 0 Å². The minimum atomic E-state index is -0.822. The molecule has 3 aromatic rings. The van der Waals surface area contributed by atoms with Crippen LogP contribution in [0.3, 0.4) is 0 Å². The number of urea groups is 1. The molecule has 0 aliphatic carbocycles.